The zero-order chi connectivity index (χ0) is 15.4. The van der Waals surface area contributed by atoms with Crippen molar-refractivity contribution in [2.45, 2.75) is 59.3 Å². The molecule has 0 heterocycles. The van der Waals surface area contributed by atoms with Crippen LogP contribution >= 0.6 is 7.60 Å². The van der Waals surface area contributed by atoms with Gasteiger partial charge in [-0.1, -0.05) is 29.7 Å². The second-order valence-corrected chi connectivity index (χ2v) is 7.01. The molecule has 2 N–H and O–H groups in total. The summed E-state index contributed by atoms with van der Waals surface area (Å²) >= 11 is 0. The summed E-state index contributed by atoms with van der Waals surface area (Å²) in [6.07, 6.45) is 10.4. The maximum atomic E-state index is 10.5. The number of unbranched alkanes of at least 4 members (excludes halogenated alkanes) is 3. The number of allylic oxidation sites excluding steroid dienone is 4. The first-order valence-electron chi connectivity index (χ1n) is 7.22. The third kappa shape index (κ3) is 15.6. The first kappa shape index (κ1) is 19.6. The molecule has 5 heteroatoms. The van der Waals surface area contributed by atoms with E-state index in [0.29, 0.717) is 6.61 Å². The Labute approximate surface area is 123 Å². The molecule has 0 aromatic carbocycles. The highest BCUT2D eigenvalue weighted by atomic mass is 31.2. The summed E-state index contributed by atoms with van der Waals surface area (Å²) < 4.78 is 15.4. The molecular formula is C15H29O4P. The number of ether oxygens (including phenoxy) is 1. The molecule has 0 aromatic rings. The SMILES string of the molecule is CC(C)=CCC/C(C)=C/CCCCCOCP(=O)(O)O. The Bertz CT molecular complexity index is 351. The molecule has 0 radical (unpaired) electrons. The van der Waals surface area contributed by atoms with Crippen molar-refractivity contribution in [3.05, 3.63) is 23.3 Å². The van der Waals surface area contributed by atoms with Crippen LogP contribution in [-0.2, 0) is 9.30 Å². The van der Waals surface area contributed by atoms with Gasteiger partial charge in [0.15, 0.2) is 0 Å². The molecule has 0 aliphatic rings. The van der Waals surface area contributed by atoms with Gasteiger partial charge in [-0.3, -0.25) is 4.57 Å². The molecule has 0 aliphatic carbocycles. The van der Waals surface area contributed by atoms with Crippen LogP contribution in [0.15, 0.2) is 23.3 Å². The Kier molecular flexibility index (Phi) is 11.0. The van der Waals surface area contributed by atoms with Gasteiger partial charge in [-0.05, 0) is 52.9 Å². The van der Waals surface area contributed by atoms with E-state index in [1.165, 1.54) is 11.1 Å². The Morgan fingerprint density at radius 3 is 2.35 bits per heavy atom. The zero-order valence-corrected chi connectivity index (χ0v) is 13.9. The number of hydrogen-bond donors (Lipinski definition) is 2. The van der Waals surface area contributed by atoms with Crippen molar-refractivity contribution >= 4 is 7.60 Å². The monoisotopic (exact) mass is 304 g/mol. The summed E-state index contributed by atoms with van der Waals surface area (Å²) in [6, 6.07) is 0. The van der Waals surface area contributed by atoms with E-state index in [1.807, 2.05) is 0 Å². The van der Waals surface area contributed by atoms with E-state index >= 15 is 0 Å². The quantitative estimate of drug-likeness (QED) is 0.337. The second-order valence-electron chi connectivity index (χ2n) is 5.42. The number of rotatable bonds is 11. The van der Waals surface area contributed by atoms with Gasteiger partial charge in [-0.2, -0.15) is 0 Å². The van der Waals surface area contributed by atoms with Crippen molar-refractivity contribution in [2.75, 3.05) is 13.0 Å². The van der Waals surface area contributed by atoms with Crippen LogP contribution in [0.3, 0.4) is 0 Å². The van der Waals surface area contributed by atoms with Gasteiger partial charge in [0.25, 0.3) is 0 Å². The summed E-state index contributed by atoms with van der Waals surface area (Å²) in [7, 11) is -3.99. The van der Waals surface area contributed by atoms with Crippen molar-refractivity contribution in [2.24, 2.45) is 0 Å². The van der Waals surface area contributed by atoms with Gasteiger partial charge >= 0.3 is 7.60 Å². The van der Waals surface area contributed by atoms with Crippen molar-refractivity contribution < 1.29 is 19.1 Å². The average molecular weight is 304 g/mol. The molecule has 0 rings (SSSR count). The van der Waals surface area contributed by atoms with Gasteiger partial charge in [0, 0.05) is 6.61 Å². The lowest BCUT2D eigenvalue weighted by atomic mass is 10.1. The minimum absolute atomic E-state index is 0.425. The van der Waals surface area contributed by atoms with E-state index in [0.717, 1.165) is 38.5 Å². The van der Waals surface area contributed by atoms with E-state index in [-0.39, 0.29) is 0 Å². The smallest absolute Gasteiger partial charge is 0.350 e. The van der Waals surface area contributed by atoms with E-state index in [4.69, 9.17) is 14.5 Å². The largest absolute Gasteiger partial charge is 0.369 e. The fraction of sp³-hybridized carbons (Fsp3) is 0.733. The summed E-state index contributed by atoms with van der Waals surface area (Å²) in [6.45, 7) is 6.83. The topological polar surface area (TPSA) is 66.8 Å². The minimum Gasteiger partial charge on any atom is -0.369 e. The maximum Gasteiger partial charge on any atom is 0.350 e. The summed E-state index contributed by atoms with van der Waals surface area (Å²) in [5.41, 5.74) is 2.80. The highest BCUT2D eigenvalue weighted by Crippen LogP contribution is 2.33. The van der Waals surface area contributed by atoms with Crippen LogP contribution < -0.4 is 0 Å². The molecule has 0 spiro atoms. The van der Waals surface area contributed by atoms with Gasteiger partial charge in [-0.15, -0.1) is 0 Å². The van der Waals surface area contributed by atoms with Crippen molar-refractivity contribution in [1.29, 1.82) is 0 Å². The Hall–Kier alpha value is -0.410. The first-order valence-corrected chi connectivity index (χ1v) is 9.02. The first-order chi connectivity index (χ1) is 9.31. The van der Waals surface area contributed by atoms with Gasteiger partial charge in [0.1, 0.15) is 6.35 Å². The van der Waals surface area contributed by atoms with Crippen LogP contribution in [0.1, 0.15) is 59.3 Å². The predicted molar refractivity (Wildman–Crippen MR) is 83.8 cm³/mol. The molecule has 0 fully saturated rings. The van der Waals surface area contributed by atoms with Gasteiger partial charge in [0.05, 0.1) is 0 Å². The standard InChI is InChI=1S/C15H29O4P/c1-14(2)9-8-11-15(3)10-6-4-5-7-12-19-13-20(16,17)18/h9-10H,4-8,11-13H2,1-3H3,(H2,16,17,18)/b15-10+. The molecule has 118 valence electrons. The normalized spacial score (nSPS) is 12.6. The van der Waals surface area contributed by atoms with E-state index in [9.17, 15) is 4.57 Å². The lowest BCUT2D eigenvalue weighted by Crippen LogP contribution is -1.97. The Balaban J connectivity index is 3.47. The fourth-order valence-electron chi connectivity index (χ4n) is 1.75. The summed E-state index contributed by atoms with van der Waals surface area (Å²) in [5.74, 6) is 0. The zero-order valence-electron chi connectivity index (χ0n) is 13.0. The summed E-state index contributed by atoms with van der Waals surface area (Å²) in [5, 5.41) is 0. The van der Waals surface area contributed by atoms with Crippen molar-refractivity contribution in [3.8, 4) is 0 Å². The molecule has 0 unspecified atom stereocenters. The highest BCUT2D eigenvalue weighted by molar-refractivity contribution is 7.51. The maximum absolute atomic E-state index is 10.5. The lowest BCUT2D eigenvalue weighted by molar-refractivity contribution is 0.152. The second kappa shape index (κ2) is 11.3. The molecule has 0 bridgehead atoms. The van der Waals surface area contributed by atoms with E-state index in [1.54, 1.807) is 0 Å². The molecule has 0 saturated carbocycles. The van der Waals surface area contributed by atoms with E-state index < -0.39 is 13.9 Å². The third-order valence-electron chi connectivity index (χ3n) is 2.84. The molecule has 0 amide bonds. The van der Waals surface area contributed by atoms with Crippen LogP contribution in [-0.4, -0.2) is 22.7 Å². The fourth-order valence-corrected chi connectivity index (χ4v) is 2.11. The highest BCUT2D eigenvalue weighted by Gasteiger charge is 2.11. The van der Waals surface area contributed by atoms with Crippen LogP contribution in [0.25, 0.3) is 0 Å². The Morgan fingerprint density at radius 2 is 1.75 bits per heavy atom. The molecular weight excluding hydrogens is 275 g/mol. The predicted octanol–water partition coefficient (Wildman–Crippen LogP) is 4.39. The molecule has 4 nitrogen and oxygen atoms in total. The average Bonchev–Trinajstić information content (AvgIpc) is 2.30. The van der Waals surface area contributed by atoms with Gasteiger partial charge in [-0.25, -0.2) is 0 Å². The lowest BCUT2D eigenvalue weighted by Gasteiger charge is -2.05. The van der Waals surface area contributed by atoms with Crippen molar-refractivity contribution in [1.82, 2.24) is 0 Å². The minimum atomic E-state index is -3.99. The van der Waals surface area contributed by atoms with Gasteiger partial charge < -0.3 is 14.5 Å². The van der Waals surface area contributed by atoms with Crippen LogP contribution in [0.5, 0.6) is 0 Å². The van der Waals surface area contributed by atoms with E-state index in [2.05, 4.69) is 32.9 Å². The molecule has 0 saturated heterocycles. The third-order valence-corrected chi connectivity index (χ3v) is 3.36. The van der Waals surface area contributed by atoms with Crippen LogP contribution in [0.2, 0.25) is 0 Å². The molecule has 0 aromatic heterocycles. The molecule has 20 heavy (non-hydrogen) atoms. The van der Waals surface area contributed by atoms with Crippen LogP contribution in [0, 0.1) is 0 Å². The van der Waals surface area contributed by atoms with Crippen molar-refractivity contribution in [3.63, 3.8) is 0 Å². The molecule has 0 aliphatic heterocycles. The molecule has 0 atom stereocenters. The Morgan fingerprint density at radius 1 is 1.05 bits per heavy atom. The summed E-state index contributed by atoms with van der Waals surface area (Å²) in [4.78, 5) is 17.2. The van der Waals surface area contributed by atoms with Crippen LogP contribution in [0.4, 0.5) is 0 Å². The van der Waals surface area contributed by atoms with Gasteiger partial charge in [0.2, 0.25) is 0 Å². The number of hydrogen-bond acceptors (Lipinski definition) is 2.